The SMILES string of the molecule is COCCn1nc(C(=O)NNC(=O)CCCOc2ccc(Cl)cc2C)ccc1=O. The molecule has 0 saturated heterocycles. The Morgan fingerprint density at radius 1 is 1.17 bits per heavy atom. The number of halogens is 1. The van der Waals surface area contributed by atoms with E-state index >= 15 is 0 Å². The number of hydrogen-bond acceptors (Lipinski definition) is 6. The van der Waals surface area contributed by atoms with Crippen LogP contribution in [0.1, 0.15) is 28.9 Å². The summed E-state index contributed by atoms with van der Waals surface area (Å²) in [6, 6.07) is 7.83. The first-order chi connectivity index (χ1) is 13.9. The van der Waals surface area contributed by atoms with Gasteiger partial charge in [-0.25, -0.2) is 4.68 Å². The first-order valence-electron chi connectivity index (χ1n) is 8.96. The third-order valence-electron chi connectivity index (χ3n) is 3.86. The summed E-state index contributed by atoms with van der Waals surface area (Å²) in [7, 11) is 1.50. The highest BCUT2D eigenvalue weighted by atomic mass is 35.5. The Morgan fingerprint density at radius 2 is 1.97 bits per heavy atom. The molecule has 0 atom stereocenters. The molecule has 1 aromatic heterocycles. The maximum absolute atomic E-state index is 12.1. The Bertz CT molecular complexity index is 916. The highest BCUT2D eigenvalue weighted by molar-refractivity contribution is 6.30. The van der Waals surface area contributed by atoms with Gasteiger partial charge in [0.25, 0.3) is 11.5 Å². The minimum absolute atomic E-state index is 0.00236. The van der Waals surface area contributed by atoms with E-state index in [4.69, 9.17) is 21.1 Å². The largest absolute Gasteiger partial charge is 0.493 e. The molecule has 2 rings (SSSR count). The lowest BCUT2D eigenvalue weighted by atomic mass is 10.2. The number of ether oxygens (including phenoxy) is 2. The number of aromatic nitrogens is 2. The van der Waals surface area contributed by atoms with Crippen molar-refractivity contribution < 1.29 is 19.1 Å². The minimum Gasteiger partial charge on any atom is -0.493 e. The van der Waals surface area contributed by atoms with Crippen molar-refractivity contribution in [3.63, 3.8) is 0 Å². The quantitative estimate of drug-likeness (QED) is 0.467. The first-order valence-corrected chi connectivity index (χ1v) is 9.33. The molecule has 1 aromatic carbocycles. The Balaban J connectivity index is 1.74. The molecule has 0 bridgehead atoms. The number of carbonyl (C=O) groups excluding carboxylic acids is 2. The molecule has 0 aliphatic carbocycles. The Morgan fingerprint density at radius 3 is 2.69 bits per heavy atom. The average Bonchev–Trinajstić information content (AvgIpc) is 2.70. The van der Waals surface area contributed by atoms with Gasteiger partial charge in [-0.05, 0) is 43.2 Å². The molecular formula is C19H23ClN4O5. The lowest BCUT2D eigenvalue weighted by Gasteiger charge is -2.10. The number of carbonyl (C=O) groups is 2. The van der Waals surface area contributed by atoms with Crippen LogP contribution in [0.3, 0.4) is 0 Å². The van der Waals surface area contributed by atoms with Gasteiger partial charge < -0.3 is 9.47 Å². The number of benzene rings is 1. The second kappa shape index (κ2) is 11.2. The molecule has 0 aliphatic heterocycles. The van der Waals surface area contributed by atoms with Gasteiger partial charge in [0.15, 0.2) is 5.69 Å². The molecule has 0 radical (unpaired) electrons. The van der Waals surface area contributed by atoms with Gasteiger partial charge >= 0.3 is 0 Å². The molecule has 0 saturated carbocycles. The topological polar surface area (TPSA) is 112 Å². The first kappa shape index (κ1) is 22.4. The predicted octanol–water partition coefficient (Wildman–Crippen LogP) is 1.47. The third-order valence-corrected chi connectivity index (χ3v) is 4.10. The van der Waals surface area contributed by atoms with E-state index in [1.54, 1.807) is 18.2 Å². The number of nitrogens with one attached hydrogen (secondary N) is 2. The maximum Gasteiger partial charge on any atom is 0.290 e. The van der Waals surface area contributed by atoms with E-state index in [0.717, 1.165) is 10.2 Å². The normalized spacial score (nSPS) is 10.4. The molecule has 10 heteroatoms. The molecule has 0 spiro atoms. The minimum atomic E-state index is -0.627. The second-order valence-corrected chi connectivity index (χ2v) is 6.57. The monoisotopic (exact) mass is 422 g/mol. The molecule has 0 unspecified atom stereocenters. The van der Waals surface area contributed by atoms with Crippen molar-refractivity contribution in [3.8, 4) is 5.75 Å². The fraction of sp³-hybridized carbons (Fsp3) is 0.368. The van der Waals surface area contributed by atoms with Crippen LogP contribution in [0.15, 0.2) is 35.1 Å². The van der Waals surface area contributed by atoms with Crippen LogP contribution in [0.5, 0.6) is 5.75 Å². The smallest absolute Gasteiger partial charge is 0.290 e. The summed E-state index contributed by atoms with van der Waals surface area (Å²) in [5.41, 5.74) is 5.15. The van der Waals surface area contributed by atoms with E-state index in [1.807, 2.05) is 6.92 Å². The van der Waals surface area contributed by atoms with Gasteiger partial charge in [0.1, 0.15) is 5.75 Å². The Labute approximate surface area is 172 Å². The molecule has 156 valence electrons. The summed E-state index contributed by atoms with van der Waals surface area (Å²) in [5, 5.41) is 4.58. The molecule has 0 aliphatic rings. The summed E-state index contributed by atoms with van der Waals surface area (Å²) < 4.78 is 11.6. The molecule has 29 heavy (non-hydrogen) atoms. The summed E-state index contributed by atoms with van der Waals surface area (Å²) in [6.45, 7) is 2.73. The van der Waals surface area contributed by atoms with Gasteiger partial charge in [-0.2, -0.15) is 5.10 Å². The molecular weight excluding hydrogens is 400 g/mol. The van der Waals surface area contributed by atoms with Crippen LogP contribution in [-0.2, 0) is 16.1 Å². The fourth-order valence-corrected chi connectivity index (χ4v) is 2.58. The van der Waals surface area contributed by atoms with E-state index in [-0.39, 0.29) is 36.7 Å². The van der Waals surface area contributed by atoms with Gasteiger partial charge in [-0.15, -0.1) is 0 Å². The number of aryl methyl sites for hydroxylation is 1. The zero-order valence-corrected chi connectivity index (χ0v) is 17.0. The van der Waals surface area contributed by atoms with E-state index in [9.17, 15) is 14.4 Å². The van der Waals surface area contributed by atoms with Crippen LogP contribution in [0.2, 0.25) is 5.02 Å². The van der Waals surface area contributed by atoms with Crippen LogP contribution in [0.4, 0.5) is 0 Å². The number of amides is 2. The highest BCUT2D eigenvalue weighted by Gasteiger charge is 2.11. The summed E-state index contributed by atoms with van der Waals surface area (Å²) in [6.07, 6.45) is 0.623. The molecule has 1 heterocycles. The summed E-state index contributed by atoms with van der Waals surface area (Å²) in [4.78, 5) is 35.6. The van der Waals surface area contributed by atoms with Crippen molar-refractivity contribution >= 4 is 23.4 Å². The van der Waals surface area contributed by atoms with Gasteiger partial charge in [0, 0.05) is 24.6 Å². The van der Waals surface area contributed by atoms with Crippen molar-refractivity contribution in [1.29, 1.82) is 0 Å². The van der Waals surface area contributed by atoms with Gasteiger partial charge in [-0.1, -0.05) is 11.6 Å². The molecule has 0 fully saturated rings. The average molecular weight is 423 g/mol. The van der Waals surface area contributed by atoms with Crippen molar-refractivity contribution in [2.24, 2.45) is 0 Å². The van der Waals surface area contributed by atoms with E-state index in [1.165, 1.54) is 19.2 Å². The van der Waals surface area contributed by atoms with Crippen molar-refractivity contribution in [2.45, 2.75) is 26.3 Å². The number of rotatable bonds is 9. The van der Waals surface area contributed by atoms with Gasteiger partial charge in [0.05, 0.1) is 19.8 Å². The van der Waals surface area contributed by atoms with Crippen molar-refractivity contribution in [1.82, 2.24) is 20.6 Å². The number of hydrogen-bond donors (Lipinski definition) is 2. The standard InChI is InChI=1S/C19H23ClN4O5/c1-13-12-14(20)5-7-16(13)29-10-3-4-17(25)21-22-19(27)15-6-8-18(26)24(23-15)9-11-28-2/h5-8,12H,3-4,9-11H2,1-2H3,(H,21,25)(H,22,27). The summed E-state index contributed by atoms with van der Waals surface area (Å²) in [5.74, 6) is -0.294. The van der Waals surface area contributed by atoms with Crippen LogP contribution in [0.25, 0.3) is 0 Å². The molecule has 2 amide bonds. The zero-order chi connectivity index (χ0) is 21.2. The number of methoxy groups -OCH3 is 1. The third kappa shape index (κ3) is 7.20. The summed E-state index contributed by atoms with van der Waals surface area (Å²) >= 11 is 5.89. The number of hydrazine groups is 1. The Hall–Kier alpha value is -2.91. The molecule has 2 N–H and O–H groups in total. The zero-order valence-electron chi connectivity index (χ0n) is 16.2. The van der Waals surface area contributed by atoms with E-state index < -0.39 is 5.91 Å². The van der Waals surface area contributed by atoms with Gasteiger partial charge in [-0.3, -0.25) is 25.2 Å². The van der Waals surface area contributed by atoms with Crippen molar-refractivity contribution in [2.75, 3.05) is 20.3 Å². The Kier molecular flexibility index (Phi) is 8.63. The van der Waals surface area contributed by atoms with Crippen molar-refractivity contribution in [3.05, 3.63) is 57.0 Å². The molecule has 2 aromatic rings. The van der Waals surface area contributed by atoms with Crippen LogP contribution < -0.4 is 21.1 Å². The van der Waals surface area contributed by atoms with Crippen LogP contribution in [-0.4, -0.2) is 41.9 Å². The van der Waals surface area contributed by atoms with Crippen LogP contribution >= 0.6 is 11.6 Å². The predicted molar refractivity (Wildman–Crippen MR) is 107 cm³/mol. The second-order valence-electron chi connectivity index (χ2n) is 6.14. The van der Waals surface area contributed by atoms with E-state index in [0.29, 0.717) is 23.8 Å². The van der Waals surface area contributed by atoms with Gasteiger partial charge in [0.2, 0.25) is 5.91 Å². The fourth-order valence-electron chi connectivity index (χ4n) is 2.35. The lowest BCUT2D eigenvalue weighted by Crippen LogP contribution is -2.42. The number of nitrogens with zero attached hydrogens (tertiary/aromatic N) is 2. The van der Waals surface area contributed by atoms with E-state index in [2.05, 4.69) is 16.0 Å². The maximum atomic E-state index is 12.1. The molecule has 9 nitrogen and oxygen atoms in total. The van der Waals surface area contributed by atoms with Crippen LogP contribution in [0, 0.1) is 6.92 Å². The lowest BCUT2D eigenvalue weighted by molar-refractivity contribution is -0.122. The highest BCUT2D eigenvalue weighted by Crippen LogP contribution is 2.21.